The van der Waals surface area contributed by atoms with Crippen LogP contribution in [0, 0.1) is 6.92 Å². The summed E-state index contributed by atoms with van der Waals surface area (Å²) in [5.41, 5.74) is 9.79. The maximum atomic E-state index is 2.29. The fraction of sp³-hybridized carbons (Fsp3) is 0.130. The van der Waals surface area contributed by atoms with Crippen molar-refractivity contribution in [3.63, 3.8) is 0 Å². The molecule has 0 spiro atoms. The van der Waals surface area contributed by atoms with Gasteiger partial charge in [-0.15, -0.1) is 0 Å². The van der Waals surface area contributed by atoms with Gasteiger partial charge >= 0.3 is 0 Å². The fourth-order valence-corrected chi connectivity index (χ4v) is 3.94. The molecule has 4 rings (SSSR count). The van der Waals surface area contributed by atoms with E-state index in [4.69, 9.17) is 0 Å². The molecule has 1 atom stereocenters. The molecule has 0 bridgehead atoms. The number of aryl methyl sites for hydroxylation is 1. The van der Waals surface area contributed by atoms with Crippen LogP contribution >= 0.6 is 0 Å². The van der Waals surface area contributed by atoms with Gasteiger partial charge in [0.2, 0.25) is 0 Å². The Bertz CT molecular complexity index is 870. The van der Waals surface area contributed by atoms with Crippen molar-refractivity contribution in [1.29, 1.82) is 0 Å². The van der Waals surface area contributed by atoms with Crippen molar-refractivity contribution < 1.29 is 0 Å². The zero-order valence-electron chi connectivity index (χ0n) is 13.6. The Hall–Kier alpha value is -2.60. The van der Waals surface area contributed by atoms with Gasteiger partial charge in [0.05, 0.1) is 0 Å². The van der Waals surface area contributed by atoms with Gasteiger partial charge in [0.25, 0.3) is 0 Å². The first kappa shape index (κ1) is 14.0. The molecule has 0 fully saturated rings. The molecule has 23 heavy (non-hydrogen) atoms. The Morgan fingerprint density at radius 3 is 2.00 bits per heavy atom. The lowest BCUT2D eigenvalue weighted by atomic mass is 9.85. The van der Waals surface area contributed by atoms with Gasteiger partial charge in [-0.2, -0.15) is 0 Å². The molecule has 0 heteroatoms. The second kappa shape index (κ2) is 5.55. The average molecular weight is 296 g/mol. The number of allylic oxidation sites excluding steroid dienone is 2. The number of rotatable bonds is 2. The molecule has 1 aliphatic rings. The van der Waals surface area contributed by atoms with Crippen molar-refractivity contribution in [3.05, 3.63) is 107 Å². The fourth-order valence-electron chi connectivity index (χ4n) is 3.94. The van der Waals surface area contributed by atoms with Gasteiger partial charge < -0.3 is 0 Å². The third-order valence-corrected chi connectivity index (χ3v) is 4.90. The summed E-state index contributed by atoms with van der Waals surface area (Å²) in [6, 6.07) is 28.4. The summed E-state index contributed by atoms with van der Waals surface area (Å²) in [7, 11) is 0. The van der Waals surface area contributed by atoms with E-state index in [0.29, 0.717) is 5.92 Å². The average Bonchev–Trinajstić information content (AvgIpc) is 2.90. The van der Waals surface area contributed by atoms with Gasteiger partial charge in [0.15, 0.2) is 0 Å². The Morgan fingerprint density at radius 1 is 0.652 bits per heavy atom. The zero-order valence-corrected chi connectivity index (χ0v) is 13.6. The summed E-state index contributed by atoms with van der Waals surface area (Å²) < 4.78 is 0. The lowest BCUT2D eigenvalue weighted by Gasteiger charge is -2.18. The Kier molecular flexibility index (Phi) is 3.38. The van der Waals surface area contributed by atoms with E-state index in [1.807, 2.05) is 0 Å². The number of fused-ring (bicyclic) bond motifs is 1. The van der Waals surface area contributed by atoms with Crippen LogP contribution in [0.2, 0.25) is 0 Å². The molecule has 0 amide bonds. The lowest BCUT2D eigenvalue weighted by Crippen LogP contribution is -2.01. The quantitative estimate of drug-likeness (QED) is 0.538. The smallest absolute Gasteiger partial charge is 0.0354 e. The highest BCUT2D eigenvalue weighted by molar-refractivity contribution is 6.01. The summed E-state index contributed by atoms with van der Waals surface area (Å²) in [6.07, 6.45) is 0. The maximum absolute atomic E-state index is 2.29. The molecular formula is C23H20. The van der Waals surface area contributed by atoms with Crippen LogP contribution in [0.4, 0.5) is 0 Å². The molecule has 0 heterocycles. The van der Waals surface area contributed by atoms with Gasteiger partial charge in [-0.3, -0.25) is 0 Å². The molecule has 0 radical (unpaired) electrons. The zero-order chi connectivity index (χ0) is 15.8. The van der Waals surface area contributed by atoms with E-state index in [0.717, 1.165) is 0 Å². The van der Waals surface area contributed by atoms with E-state index in [1.165, 1.54) is 39.0 Å². The molecule has 0 aliphatic heterocycles. The van der Waals surface area contributed by atoms with Gasteiger partial charge in [-0.05, 0) is 52.8 Å². The highest BCUT2D eigenvalue weighted by Gasteiger charge is 2.31. The highest BCUT2D eigenvalue weighted by Crippen LogP contribution is 2.50. The molecule has 0 aromatic heterocycles. The number of hydrogen-bond acceptors (Lipinski definition) is 0. The highest BCUT2D eigenvalue weighted by atomic mass is 14.3. The number of hydrogen-bond donors (Lipinski definition) is 0. The molecule has 0 saturated heterocycles. The standard InChI is InChI=1S/C23H20/c1-16-10-9-15-20-21(16)17(2)22(18-11-5-3-6-12-18)23(20)19-13-7-4-8-14-19/h3-15,23H,1-2H3. The van der Waals surface area contributed by atoms with Crippen LogP contribution in [0.15, 0.2) is 78.9 Å². The van der Waals surface area contributed by atoms with E-state index >= 15 is 0 Å². The van der Waals surface area contributed by atoms with Crippen LogP contribution in [0.1, 0.15) is 40.7 Å². The van der Waals surface area contributed by atoms with E-state index in [9.17, 15) is 0 Å². The Morgan fingerprint density at radius 2 is 1.30 bits per heavy atom. The molecule has 0 N–H and O–H groups in total. The minimum Gasteiger partial charge on any atom is -0.0622 e. The van der Waals surface area contributed by atoms with Crippen molar-refractivity contribution >= 4 is 11.1 Å². The van der Waals surface area contributed by atoms with Gasteiger partial charge in [0, 0.05) is 5.92 Å². The van der Waals surface area contributed by atoms with Crippen LogP contribution < -0.4 is 0 Å². The summed E-state index contributed by atoms with van der Waals surface area (Å²) in [5.74, 6) is 0.327. The van der Waals surface area contributed by atoms with Crippen molar-refractivity contribution in [2.75, 3.05) is 0 Å². The van der Waals surface area contributed by atoms with Crippen LogP contribution in [-0.2, 0) is 0 Å². The normalized spacial score (nSPS) is 16.5. The largest absolute Gasteiger partial charge is 0.0622 e. The molecule has 0 saturated carbocycles. The second-order valence-corrected chi connectivity index (χ2v) is 6.29. The van der Waals surface area contributed by atoms with Crippen molar-refractivity contribution in [3.8, 4) is 0 Å². The van der Waals surface area contributed by atoms with Crippen molar-refractivity contribution in [2.24, 2.45) is 0 Å². The third-order valence-electron chi connectivity index (χ3n) is 4.90. The monoisotopic (exact) mass is 296 g/mol. The minimum atomic E-state index is 0.327. The molecule has 3 aromatic carbocycles. The second-order valence-electron chi connectivity index (χ2n) is 6.29. The Balaban J connectivity index is 2.00. The SMILES string of the molecule is CC1=C(c2ccccc2)C(c2ccccc2)c2cccc(C)c21. The molecule has 0 nitrogen and oxygen atoms in total. The Labute approximate surface area is 138 Å². The van der Waals surface area contributed by atoms with Crippen LogP contribution in [0.5, 0.6) is 0 Å². The van der Waals surface area contributed by atoms with E-state index in [1.54, 1.807) is 0 Å². The van der Waals surface area contributed by atoms with Gasteiger partial charge in [0.1, 0.15) is 0 Å². The lowest BCUT2D eigenvalue weighted by molar-refractivity contribution is 1.06. The first-order valence-electron chi connectivity index (χ1n) is 8.18. The maximum Gasteiger partial charge on any atom is 0.0354 e. The van der Waals surface area contributed by atoms with Crippen LogP contribution in [0.3, 0.4) is 0 Å². The summed E-state index contributed by atoms with van der Waals surface area (Å²) in [4.78, 5) is 0. The molecule has 112 valence electrons. The van der Waals surface area contributed by atoms with Gasteiger partial charge in [-0.25, -0.2) is 0 Å². The first-order valence-corrected chi connectivity index (χ1v) is 8.18. The summed E-state index contributed by atoms with van der Waals surface area (Å²) in [6.45, 7) is 4.50. The minimum absolute atomic E-state index is 0.327. The van der Waals surface area contributed by atoms with Gasteiger partial charge in [-0.1, -0.05) is 78.9 Å². The first-order chi connectivity index (χ1) is 11.3. The number of benzene rings is 3. The predicted octanol–water partition coefficient (Wildman–Crippen LogP) is 6.07. The van der Waals surface area contributed by atoms with Crippen LogP contribution in [0.25, 0.3) is 11.1 Å². The third kappa shape index (κ3) is 2.22. The molecule has 1 aliphatic carbocycles. The van der Waals surface area contributed by atoms with Crippen molar-refractivity contribution in [1.82, 2.24) is 0 Å². The molecule has 1 unspecified atom stereocenters. The topological polar surface area (TPSA) is 0 Å². The molecule has 3 aromatic rings. The van der Waals surface area contributed by atoms with Crippen molar-refractivity contribution in [2.45, 2.75) is 19.8 Å². The van der Waals surface area contributed by atoms with E-state index in [2.05, 4.69) is 92.7 Å². The summed E-state index contributed by atoms with van der Waals surface area (Å²) in [5, 5.41) is 0. The van der Waals surface area contributed by atoms with Crippen LogP contribution in [-0.4, -0.2) is 0 Å². The van der Waals surface area contributed by atoms with E-state index < -0.39 is 0 Å². The van der Waals surface area contributed by atoms with E-state index in [-0.39, 0.29) is 0 Å². The predicted molar refractivity (Wildman–Crippen MR) is 98.4 cm³/mol. The summed E-state index contributed by atoms with van der Waals surface area (Å²) >= 11 is 0. The molecular weight excluding hydrogens is 276 g/mol.